The van der Waals surface area contributed by atoms with E-state index in [-0.39, 0.29) is 6.61 Å². The molecule has 0 saturated carbocycles. The lowest BCUT2D eigenvalue weighted by molar-refractivity contribution is -0.119. The topological polar surface area (TPSA) is 105 Å². The van der Waals surface area contributed by atoms with Crippen LogP contribution >= 0.6 is 0 Å². The molecule has 3 rings (SSSR count). The highest BCUT2D eigenvalue weighted by Crippen LogP contribution is 2.21. The molecule has 0 unspecified atom stereocenters. The van der Waals surface area contributed by atoms with Gasteiger partial charge in [-0.05, 0) is 48.4 Å². The fraction of sp³-hybridized carbons (Fsp3) is 0.105. The number of nitriles is 1. The summed E-state index contributed by atoms with van der Waals surface area (Å²) in [4.78, 5) is 18.4. The van der Waals surface area contributed by atoms with Gasteiger partial charge in [-0.2, -0.15) is 5.26 Å². The molecular weight excluding hydrogens is 316 g/mol. The van der Waals surface area contributed by atoms with Crippen LogP contribution in [0.1, 0.15) is 17.0 Å². The Labute approximate surface area is 144 Å². The minimum Gasteiger partial charge on any atom is -0.484 e. The number of aromatic amines is 1. The zero-order valence-electron chi connectivity index (χ0n) is 13.6. The van der Waals surface area contributed by atoms with Crippen LogP contribution in [0, 0.1) is 18.3 Å². The number of hydrogen-bond donors (Lipinski definition) is 2. The second-order valence-corrected chi connectivity index (χ2v) is 5.60. The number of aromatic nitrogens is 2. The average Bonchev–Trinajstić information content (AvgIpc) is 3.01. The van der Waals surface area contributed by atoms with Crippen molar-refractivity contribution < 1.29 is 9.53 Å². The molecule has 1 heterocycles. The SMILES string of the molecule is Cc1ccc2nc(/C(C#N)=C\c3ccc(OCC(N)=O)cc3)[nH]c2c1. The first kappa shape index (κ1) is 16.3. The van der Waals surface area contributed by atoms with E-state index in [0.29, 0.717) is 17.1 Å². The van der Waals surface area contributed by atoms with Gasteiger partial charge in [-0.15, -0.1) is 0 Å². The van der Waals surface area contributed by atoms with E-state index < -0.39 is 5.91 Å². The number of H-pyrrole nitrogens is 1. The van der Waals surface area contributed by atoms with E-state index >= 15 is 0 Å². The number of amides is 1. The minimum atomic E-state index is -0.532. The Morgan fingerprint density at radius 3 is 2.76 bits per heavy atom. The van der Waals surface area contributed by atoms with E-state index in [2.05, 4.69) is 16.0 Å². The van der Waals surface area contributed by atoms with E-state index in [1.54, 1.807) is 30.3 Å². The van der Waals surface area contributed by atoms with Crippen LogP contribution in [0.25, 0.3) is 22.7 Å². The van der Waals surface area contributed by atoms with Crippen molar-refractivity contribution in [3.8, 4) is 11.8 Å². The largest absolute Gasteiger partial charge is 0.484 e. The standard InChI is InChI=1S/C19H16N4O2/c1-12-2-7-16-17(8-12)23-19(22-16)14(10-20)9-13-3-5-15(6-4-13)25-11-18(21)24/h2-9H,11H2,1H3,(H2,21,24)(H,22,23)/b14-9-. The number of carbonyl (C=O) groups excluding carboxylic acids is 1. The van der Waals surface area contributed by atoms with Crippen molar-refractivity contribution in [3.05, 3.63) is 59.4 Å². The number of nitrogens with two attached hydrogens (primary N) is 1. The normalized spacial score (nSPS) is 11.3. The van der Waals surface area contributed by atoms with E-state index in [4.69, 9.17) is 10.5 Å². The smallest absolute Gasteiger partial charge is 0.255 e. The number of nitrogens with zero attached hydrogens (tertiary/aromatic N) is 2. The van der Waals surface area contributed by atoms with Gasteiger partial charge < -0.3 is 15.5 Å². The number of primary amides is 1. The molecule has 0 aliphatic rings. The summed E-state index contributed by atoms with van der Waals surface area (Å²) in [5.74, 6) is 0.529. The molecule has 0 saturated heterocycles. The Kier molecular flexibility index (Phi) is 4.48. The molecule has 0 spiro atoms. The first-order valence-corrected chi connectivity index (χ1v) is 7.65. The van der Waals surface area contributed by atoms with Crippen LogP contribution in [0.4, 0.5) is 0 Å². The van der Waals surface area contributed by atoms with Crippen molar-refractivity contribution in [1.82, 2.24) is 9.97 Å². The van der Waals surface area contributed by atoms with E-state index in [1.165, 1.54) is 0 Å². The third-order valence-corrected chi connectivity index (χ3v) is 3.59. The Balaban J connectivity index is 1.86. The molecule has 1 aromatic heterocycles. The molecular formula is C19H16N4O2. The van der Waals surface area contributed by atoms with Gasteiger partial charge in [-0.25, -0.2) is 4.98 Å². The van der Waals surface area contributed by atoms with Gasteiger partial charge in [0, 0.05) is 0 Å². The molecule has 3 N–H and O–H groups in total. The van der Waals surface area contributed by atoms with Crippen molar-refractivity contribution in [3.63, 3.8) is 0 Å². The maximum atomic E-state index is 10.7. The van der Waals surface area contributed by atoms with Crippen LogP contribution in [0.5, 0.6) is 5.75 Å². The van der Waals surface area contributed by atoms with Crippen LogP contribution in [0.3, 0.4) is 0 Å². The maximum Gasteiger partial charge on any atom is 0.255 e. The van der Waals surface area contributed by atoms with E-state index in [0.717, 1.165) is 22.2 Å². The number of fused-ring (bicyclic) bond motifs is 1. The minimum absolute atomic E-state index is 0.170. The molecule has 0 aliphatic heterocycles. The lowest BCUT2D eigenvalue weighted by Crippen LogP contribution is -2.19. The van der Waals surface area contributed by atoms with Crippen molar-refractivity contribution in [1.29, 1.82) is 5.26 Å². The van der Waals surface area contributed by atoms with Crippen LogP contribution in [-0.2, 0) is 4.79 Å². The molecule has 6 nitrogen and oxygen atoms in total. The molecule has 0 radical (unpaired) electrons. The number of benzene rings is 2. The number of allylic oxidation sites excluding steroid dienone is 1. The van der Waals surface area contributed by atoms with Crippen LogP contribution in [0.15, 0.2) is 42.5 Å². The fourth-order valence-electron chi connectivity index (χ4n) is 2.39. The quantitative estimate of drug-likeness (QED) is 0.701. The summed E-state index contributed by atoms with van der Waals surface area (Å²) in [5.41, 5.74) is 9.12. The molecule has 0 atom stereocenters. The Morgan fingerprint density at radius 1 is 1.32 bits per heavy atom. The molecule has 6 heteroatoms. The summed E-state index contributed by atoms with van der Waals surface area (Å²) in [7, 11) is 0. The van der Waals surface area contributed by atoms with E-state index in [1.807, 2.05) is 25.1 Å². The van der Waals surface area contributed by atoms with Gasteiger partial charge in [0.15, 0.2) is 6.61 Å². The Morgan fingerprint density at radius 2 is 2.08 bits per heavy atom. The average molecular weight is 332 g/mol. The predicted molar refractivity (Wildman–Crippen MR) is 95.4 cm³/mol. The molecule has 2 aromatic carbocycles. The number of imidazole rings is 1. The fourth-order valence-corrected chi connectivity index (χ4v) is 2.39. The lowest BCUT2D eigenvalue weighted by atomic mass is 10.1. The van der Waals surface area contributed by atoms with Gasteiger partial charge in [0.05, 0.1) is 16.6 Å². The summed E-state index contributed by atoms with van der Waals surface area (Å²) in [6.45, 7) is 1.83. The second-order valence-electron chi connectivity index (χ2n) is 5.60. The number of nitrogens with one attached hydrogen (secondary N) is 1. The summed E-state index contributed by atoms with van der Waals surface area (Å²) in [6, 6.07) is 15.1. The van der Waals surface area contributed by atoms with Crippen LogP contribution < -0.4 is 10.5 Å². The highest BCUT2D eigenvalue weighted by molar-refractivity contribution is 5.90. The van der Waals surface area contributed by atoms with Gasteiger partial charge in [0.25, 0.3) is 5.91 Å². The van der Waals surface area contributed by atoms with Crippen molar-refractivity contribution in [2.24, 2.45) is 5.73 Å². The lowest BCUT2D eigenvalue weighted by Gasteiger charge is -2.03. The van der Waals surface area contributed by atoms with Gasteiger partial charge >= 0.3 is 0 Å². The zero-order chi connectivity index (χ0) is 17.8. The number of aryl methyl sites for hydroxylation is 1. The molecule has 3 aromatic rings. The first-order valence-electron chi connectivity index (χ1n) is 7.65. The predicted octanol–water partition coefficient (Wildman–Crippen LogP) is 2.80. The number of carbonyl (C=O) groups is 1. The zero-order valence-corrected chi connectivity index (χ0v) is 13.6. The molecule has 25 heavy (non-hydrogen) atoms. The molecule has 0 aliphatic carbocycles. The van der Waals surface area contributed by atoms with Gasteiger partial charge in [-0.1, -0.05) is 18.2 Å². The van der Waals surface area contributed by atoms with Crippen molar-refractivity contribution in [2.45, 2.75) is 6.92 Å². The third kappa shape index (κ3) is 3.85. The summed E-state index contributed by atoms with van der Waals surface area (Å²) >= 11 is 0. The summed E-state index contributed by atoms with van der Waals surface area (Å²) < 4.78 is 5.21. The monoisotopic (exact) mass is 332 g/mol. The van der Waals surface area contributed by atoms with Gasteiger partial charge in [0.1, 0.15) is 17.6 Å². The van der Waals surface area contributed by atoms with Gasteiger partial charge in [-0.3, -0.25) is 4.79 Å². The first-order chi connectivity index (χ1) is 12.0. The summed E-state index contributed by atoms with van der Waals surface area (Å²) in [6.07, 6.45) is 1.74. The Bertz CT molecular complexity index is 994. The third-order valence-electron chi connectivity index (χ3n) is 3.59. The van der Waals surface area contributed by atoms with E-state index in [9.17, 15) is 10.1 Å². The van der Waals surface area contributed by atoms with Crippen molar-refractivity contribution >= 4 is 28.6 Å². The molecule has 124 valence electrons. The highest BCUT2D eigenvalue weighted by Gasteiger charge is 2.08. The Hall–Kier alpha value is -3.59. The number of hydrogen-bond acceptors (Lipinski definition) is 4. The van der Waals surface area contributed by atoms with Gasteiger partial charge in [0.2, 0.25) is 0 Å². The number of rotatable bonds is 5. The maximum absolute atomic E-state index is 10.7. The van der Waals surface area contributed by atoms with Crippen LogP contribution in [0.2, 0.25) is 0 Å². The highest BCUT2D eigenvalue weighted by atomic mass is 16.5. The summed E-state index contributed by atoms with van der Waals surface area (Å²) in [5, 5.41) is 9.47. The second kappa shape index (κ2) is 6.89. The van der Waals surface area contributed by atoms with Crippen molar-refractivity contribution in [2.75, 3.05) is 6.61 Å². The molecule has 1 amide bonds. The van der Waals surface area contributed by atoms with Crippen LogP contribution in [-0.4, -0.2) is 22.5 Å². The number of ether oxygens (including phenoxy) is 1. The molecule has 0 fully saturated rings. The molecule has 0 bridgehead atoms.